The van der Waals surface area contributed by atoms with Crippen LogP contribution >= 0.6 is 0 Å². The molecule has 8 heteroatoms. The van der Waals surface area contributed by atoms with Crippen molar-refractivity contribution < 1.29 is 22.8 Å². The second-order valence-electron chi connectivity index (χ2n) is 8.35. The number of carbonyl (C=O) groups is 2. The highest BCUT2D eigenvalue weighted by Gasteiger charge is 2.41. The van der Waals surface area contributed by atoms with Gasteiger partial charge in [0, 0.05) is 42.1 Å². The van der Waals surface area contributed by atoms with Crippen molar-refractivity contribution in [2.24, 2.45) is 4.99 Å². The van der Waals surface area contributed by atoms with Gasteiger partial charge in [-0.2, -0.15) is 0 Å². The van der Waals surface area contributed by atoms with E-state index in [2.05, 4.69) is 4.99 Å². The number of hydrogen-bond acceptors (Lipinski definition) is 3. The van der Waals surface area contributed by atoms with Crippen LogP contribution in [0.2, 0.25) is 0 Å². The Kier molecular flexibility index (Phi) is 3.33. The second kappa shape index (κ2) is 5.63. The summed E-state index contributed by atoms with van der Waals surface area (Å²) in [6.07, 6.45) is 1.51. The average molecular weight is 423 g/mol. The van der Waals surface area contributed by atoms with Gasteiger partial charge in [0.05, 0.1) is 22.5 Å². The molecular formula is C23H16F3N3O2. The predicted molar refractivity (Wildman–Crippen MR) is 110 cm³/mol. The summed E-state index contributed by atoms with van der Waals surface area (Å²) in [5.41, 5.74) is 3.69. The molecule has 0 fully saturated rings. The van der Waals surface area contributed by atoms with Crippen LogP contribution in [0.15, 0.2) is 22.2 Å². The highest BCUT2D eigenvalue weighted by Crippen LogP contribution is 2.40. The Bertz CT molecular complexity index is 1500. The summed E-state index contributed by atoms with van der Waals surface area (Å²) in [6, 6.07) is 0. The molecule has 0 N–H and O–H groups in total. The smallest absolute Gasteiger partial charge is 0.337 e. The van der Waals surface area contributed by atoms with Crippen LogP contribution in [-0.2, 0) is 24.1 Å². The lowest BCUT2D eigenvalue weighted by atomic mass is 9.89. The number of fused-ring (bicyclic) bond motifs is 9. The topological polar surface area (TPSA) is 54.7 Å². The molecule has 2 aromatic rings. The number of rotatable bonds is 0. The Morgan fingerprint density at radius 2 is 1.90 bits per heavy atom. The SMILES string of the molecule is CC1=C2CC=c3c(c4c(c5c6c(n(C(F)(F)F)c35)C=CC(=O)C6)C(=O)N(C)C4)=C2N=C1. The van der Waals surface area contributed by atoms with E-state index in [9.17, 15) is 22.8 Å². The van der Waals surface area contributed by atoms with Crippen LogP contribution in [0.5, 0.6) is 0 Å². The molecule has 3 heterocycles. The largest absolute Gasteiger partial charge is 0.489 e. The molecule has 0 bridgehead atoms. The van der Waals surface area contributed by atoms with E-state index in [1.54, 1.807) is 19.3 Å². The van der Waals surface area contributed by atoms with Gasteiger partial charge < -0.3 is 4.90 Å². The molecule has 5 nitrogen and oxygen atoms in total. The number of benzene rings is 1. The first kappa shape index (κ1) is 18.4. The Morgan fingerprint density at radius 1 is 1.13 bits per heavy atom. The fourth-order valence-electron chi connectivity index (χ4n) is 5.29. The van der Waals surface area contributed by atoms with Crippen LogP contribution < -0.4 is 10.4 Å². The third-order valence-electron chi connectivity index (χ3n) is 6.57. The fraction of sp³-hybridized carbons (Fsp3) is 0.261. The second-order valence-corrected chi connectivity index (χ2v) is 8.35. The van der Waals surface area contributed by atoms with Gasteiger partial charge in [0.25, 0.3) is 5.91 Å². The molecule has 2 aliphatic heterocycles. The molecular weight excluding hydrogens is 407 g/mol. The van der Waals surface area contributed by atoms with Gasteiger partial charge in [0.15, 0.2) is 5.78 Å². The van der Waals surface area contributed by atoms with Gasteiger partial charge in [-0.25, -0.2) is 0 Å². The monoisotopic (exact) mass is 423 g/mol. The lowest BCUT2D eigenvalue weighted by Crippen LogP contribution is -2.37. The highest BCUT2D eigenvalue weighted by molar-refractivity contribution is 6.15. The van der Waals surface area contributed by atoms with Crippen molar-refractivity contribution in [2.75, 3.05) is 7.05 Å². The summed E-state index contributed by atoms with van der Waals surface area (Å²) in [7, 11) is 1.63. The molecule has 0 unspecified atom stereocenters. The molecule has 1 amide bonds. The standard InChI is InChI=1S/C23H16F3N3O2/c1-10-8-27-20-12(10)4-5-13-17(20)15-9-28(2)22(31)19(15)18-14-7-11(30)3-6-16(14)29(21(13)18)23(24,25)26/h3,5-6,8H,4,7,9H2,1-2H3. The molecule has 0 atom stereocenters. The zero-order chi connectivity index (χ0) is 21.8. The van der Waals surface area contributed by atoms with Gasteiger partial charge in [-0.3, -0.25) is 19.1 Å². The van der Waals surface area contributed by atoms with Gasteiger partial charge in [0.2, 0.25) is 0 Å². The van der Waals surface area contributed by atoms with Crippen LogP contribution in [0.1, 0.15) is 40.5 Å². The zero-order valence-electron chi connectivity index (χ0n) is 16.7. The van der Waals surface area contributed by atoms with E-state index >= 15 is 0 Å². The molecule has 0 saturated heterocycles. The van der Waals surface area contributed by atoms with Crippen molar-refractivity contribution in [3.63, 3.8) is 0 Å². The molecule has 1 aromatic heterocycles. The van der Waals surface area contributed by atoms with Gasteiger partial charge in [-0.15, -0.1) is 13.2 Å². The Balaban J connectivity index is 1.95. The molecule has 4 aliphatic rings. The molecule has 1 aromatic carbocycles. The first-order valence-corrected chi connectivity index (χ1v) is 9.93. The number of allylic oxidation sites excluding steroid dienone is 2. The molecule has 2 aliphatic carbocycles. The van der Waals surface area contributed by atoms with Gasteiger partial charge in [0.1, 0.15) is 0 Å². The molecule has 0 radical (unpaired) electrons. The van der Waals surface area contributed by atoms with Crippen LogP contribution in [0.25, 0.3) is 28.8 Å². The van der Waals surface area contributed by atoms with E-state index in [0.717, 1.165) is 11.1 Å². The van der Waals surface area contributed by atoms with Crippen LogP contribution in [0.4, 0.5) is 13.2 Å². The quantitative estimate of drug-likeness (QED) is 0.654. The summed E-state index contributed by atoms with van der Waals surface area (Å²) in [5, 5.41) is 1.29. The zero-order valence-corrected chi connectivity index (χ0v) is 16.7. The minimum atomic E-state index is -4.71. The van der Waals surface area contributed by atoms with Crippen molar-refractivity contribution >= 4 is 46.7 Å². The lowest BCUT2D eigenvalue weighted by Gasteiger charge is -2.17. The van der Waals surface area contributed by atoms with Crippen LogP contribution in [0, 0.1) is 0 Å². The van der Waals surface area contributed by atoms with Gasteiger partial charge in [-0.05, 0) is 47.8 Å². The summed E-state index contributed by atoms with van der Waals surface area (Å²) in [6.45, 7) is 2.22. The van der Waals surface area contributed by atoms with E-state index in [1.165, 1.54) is 17.1 Å². The fourth-order valence-corrected chi connectivity index (χ4v) is 5.29. The lowest BCUT2D eigenvalue weighted by molar-refractivity contribution is -0.201. The van der Waals surface area contributed by atoms with Crippen LogP contribution in [-0.4, -0.2) is 34.4 Å². The third-order valence-corrected chi connectivity index (χ3v) is 6.57. The highest BCUT2D eigenvalue weighted by atomic mass is 19.4. The average Bonchev–Trinajstić information content (AvgIpc) is 3.34. The van der Waals surface area contributed by atoms with E-state index in [0.29, 0.717) is 39.2 Å². The number of aliphatic imine (C=N–C) groups is 1. The predicted octanol–water partition coefficient (Wildman–Crippen LogP) is 2.53. The third kappa shape index (κ3) is 2.19. The van der Waals surface area contributed by atoms with E-state index in [1.807, 2.05) is 6.92 Å². The number of aromatic nitrogens is 1. The maximum absolute atomic E-state index is 14.4. The maximum atomic E-state index is 14.4. The number of alkyl halides is 3. The molecule has 0 saturated carbocycles. The Morgan fingerprint density at radius 3 is 2.65 bits per heavy atom. The van der Waals surface area contributed by atoms with Gasteiger partial charge in [-0.1, -0.05) is 6.08 Å². The molecule has 31 heavy (non-hydrogen) atoms. The number of carbonyl (C=O) groups excluding carboxylic acids is 2. The van der Waals surface area contributed by atoms with E-state index in [4.69, 9.17) is 0 Å². The minimum absolute atomic E-state index is 0.0550. The van der Waals surface area contributed by atoms with Crippen molar-refractivity contribution in [3.05, 3.63) is 50.0 Å². The Hall–Kier alpha value is -3.42. The number of halogens is 3. The molecule has 0 spiro atoms. The number of amides is 1. The number of hydrogen-bond donors (Lipinski definition) is 0. The molecule has 6 rings (SSSR count). The van der Waals surface area contributed by atoms with E-state index < -0.39 is 6.30 Å². The summed E-state index contributed by atoms with van der Waals surface area (Å²) in [5.74, 6) is -0.610. The van der Waals surface area contributed by atoms with Gasteiger partial charge >= 0.3 is 6.30 Å². The van der Waals surface area contributed by atoms with Crippen molar-refractivity contribution in [1.29, 1.82) is 0 Å². The van der Waals surface area contributed by atoms with Crippen molar-refractivity contribution in [2.45, 2.75) is 32.6 Å². The summed E-state index contributed by atoms with van der Waals surface area (Å²) >= 11 is 0. The van der Waals surface area contributed by atoms with Crippen molar-refractivity contribution in [1.82, 2.24) is 9.47 Å². The first-order chi connectivity index (χ1) is 14.7. The normalized spacial score (nSPS) is 19.3. The minimum Gasteiger partial charge on any atom is -0.337 e. The Labute approximate surface area is 174 Å². The number of ketones is 1. The first-order valence-electron chi connectivity index (χ1n) is 9.93. The van der Waals surface area contributed by atoms with Crippen LogP contribution in [0.3, 0.4) is 0 Å². The van der Waals surface area contributed by atoms with Crippen molar-refractivity contribution in [3.8, 4) is 0 Å². The maximum Gasteiger partial charge on any atom is 0.489 e. The summed E-state index contributed by atoms with van der Waals surface area (Å²) < 4.78 is 43.4. The number of nitrogens with zero attached hydrogens (tertiary/aromatic N) is 3. The molecule has 156 valence electrons. The summed E-state index contributed by atoms with van der Waals surface area (Å²) in [4.78, 5) is 31.3. The van der Waals surface area contributed by atoms with E-state index in [-0.39, 0.29) is 45.8 Å².